The average molecular weight is 497 g/mol. The first-order valence-corrected chi connectivity index (χ1v) is 13.4. The van der Waals surface area contributed by atoms with Crippen LogP contribution in [0.1, 0.15) is 70.3 Å². The van der Waals surface area contributed by atoms with E-state index in [1.807, 2.05) is 6.92 Å². The van der Waals surface area contributed by atoms with Crippen LogP contribution in [-0.4, -0.2) is 46.8 Å². The third-order valence-electron chi connectivity index (χ3n) is 10.0. The van der Waals surface area contributed by atoms with Gasteiger partial charge in [0.15, 0.2) is 5.78 Å². The minimum atomic E-state index is -4.56. The Morgan fingerprint density at radius 3 is 2.47 bits per heavy atom. The van der Waals surface area contributed by atoms with E-state index in [0.717, 1.165) is 0 Å². The van der Waals surface area contributed by atoms with Gasteiger partial charge in [0, 0.05) is 17.9 Å². The molecule has 3 N–H and O–H groups in total. The summed E-state index contributed by atoms with van der Waals surface area (Å²) in [5.41, 5.74) is -2.84. The summed E-state index contributed by atoms with van der Waals surface area (Å²) in [7, 11) is -4.56. The van der Waals surface area contributed by atoms with Gasteiger partial charge in [0.1, 0.15) is 6.10 Å². The summed E-state index contributed by atoms with van der Waals surface area (Å²) in [6, 6.07) is 2.94. The van der Waals surface area contributed by atoms with E-state index < -0.39 is 50.6 Å². The van der Waals surface area contributed by atoms with Crippen LogP contribution in [0.5, 0.6) is 0 Å². The number of carbonyl (C=O) groups is 1. The number of carbonyl (C=O) groups excluding carboxylic acids is 1. The number of rotatable bonds is 3. The van der Waals surface area contributed by atoms with Crippen LogP contribution in [0.15, 0.2) is 27.6 Å². The van der Waals surface area contributed by atoms with Crippen molar-refractivity contribution >= 4 is 16.2 Å². The van der Waals surface area contributed by atoms with Gasteiger partial charge in [0.05, 0.1) is 23.4 Å². The standard InChI is InChI=1S/C24H32O9S/c1-22-9-7-15(33-34(29,30)31)11-14(22)4-5-17-19(22)20(26)21(27)23(2)16(8-10-24(17,23)28)13-3-6-18(25)32-12-13/h3,6,12,14-17,19-20,26,28H,4-5,7-11H2,1-2H3,(H,29,30,31)/t14-,15-,16+,17+,19-,20-,22-,23-,24-/m0/s1. The highest BCUT2D eigenvalue weighted by Crippen LogP contribution is 2.69. The number of hydrogen-bond acceptors (Lipinski definition) is 8. The zero-order valence-corrected chi connectivity index (χ0v) is 20.2. The van der Waals surface area contributed by atoms with Crippen molar-refractivity contribution in [3.05, 3.63) is 34.4 Å². The summed E-state index contributed by atoms with van der Waals surface area (Å²) in [5, 5.41) is 23.7. The molecule has 4 aliphatic rings. The Morgan fingerprint density at radius 2 is 1.82 bits per heavy atom. The number of Topliss-reactive ketones (excluding diaryl/α,β-unsaturated/α-hetero) is 1. The highest BCUT2D eigenvalue weighted by atomic mass is 32.3. The molecule has 34 heavy (non-hydrogen) atoms. The number of aliphatic hydroxyl groups is 2. The second-order valence-electron chi connectivity index (χ2n) is 11.2. The van der Waals surface area contributed by atoms with E-state index in [4.69, 9.17) is 13.2 Å². The summed E-state index contributed by atoms with van der Waals surface area (Å²) in [4.78, 5) is 25.3. The van der Waals surface area contributed by atoms with E-state index in [-0.39, 0.29) is 23.5 Å². The molecule has 5 rings (SSSR count). The topological polar surface area (TPSA) is 151 Å². The normalized spacial score (nSPS) is 46.4. The molecule has 0 aromatic carbocycles. The molecule has 4 saturated carbocycles. The highest BCUT2D eigenvalue weighted by Gasteiger charge is 2.73. The molecule has 10 heteroatoms. The summed E-state index contributed by atoms with van der Waals surface area (Å²) in [6.45, 7) is 3.77. The van der Waals surface area contributed by atoms with E-state index in [0.29, 0.717) is 50.5 Å². The van der Waals surface area contributed by atoms with Gasteiger partial charge in [0.25, 0.3) is 0 Å². The monoisotopic (exact) mass is 496 g/mol. The van der Waals surface area contributed by atoms with Crippen LogP contribution >= 0.6 is 0 Å². The third kappa shape index (κ3) is 3.29. The molecule has 9 atom stereocenters. The van der Waals surface area contributed by atoms with Gasteiger partial charge in [0.2, 0.25) is 0 Å². The van der Waals surface area contributed by atoms with Crippen molar-refractivity contribution < 1.29 is 36.6 Å². The van der Waals surface area contributed by atoms with Crippen molar-refractivity contribution in [2.24, 2.45) is 28.6 Å². The maximum Gasteiger partial charge on any atom is 0.397 e. The van der Waals surface area contributed by atoms with Crippen molar-refractivity contribution in [3.63, 3.8) is 0 Å². The number of aliphatic hydroxyl groups excluding tert-OH is 1. The van der Waals surface area contributed by atoms with Crippen LogP contribution in [0.3, 0.4) is 0 Å². The van der Waals surface area contributed by atoms with Gasteiger partial charge in [-0.05, 0) is 80.8 Å². The molecule has 9 nitrogen and oxygen atoms in total. The molecule has 0 radical (unpaired) electrons. The molecule has 0 unspecified atom stereocenters. The van der Waals surface area contributed by atoms with Gasteiger partial charge in [-0.3, -0.25) is 9.35 Å². The zero-order valence-electron chi connectivity index (χ0n) is 19.3. The summed E-state index contributed by atoms with van der Waals surface area (Å²) < 4.78 is 41.4. The second kappa shape index (κ2) is 7.70. The highest BCUT2D eigenvalue weighted by molar-refractivity contribution is 7.80. The first-order valence-electron chi connectivity index (χ1n) is 12.0. The maximum atomic E-state index is 13.9. The predicted octanol–water partition coefficient (Wildman–Crippen LogP) is 2.22. The second-order valence-corrected chi connectivity index (χ2v) is 12.3. The molecule has 188 valence electrons. The fourth-order valence-electron chi connectivity index (χ4n) is 8.37. The predicted molar refractivity (Wildman–Crippen MR) is 119 cm³/mol. The fraction of sp³-hybridized carbons (Fsp3) is 0.750. The molecule has 0 spiro atoms. The minimum absolute atomic E-state index is 0.00902. The summed E-state index contributed by atoms with van der Waals surface area (Å²) in [6.07, 6.45) is 2.98. The lowest BCUT2D eigenvalue weighted by molar-refractivity contribution is -0.227. The zero-order chi connectivity index (χ0) is 24.7. The quantitative estimate of drug-likeness (QED) is 0.535. The number of ketones is 1. The van der Waals surface area contributed by atoms with Crippen LogP contribution in [0.4, 0.5) is 0 Å². The number of hydrogen-bond donors (Lipinski definition) is 3. The molecule has 0 amide bonds. The van der Waals surface area contributed by atoms with Crippen LogP contribution in [-0.2, 0) is 19.4 Å². The molecule has 4 aliphatic carbocycles. The van der Waals surface area contributed by atoms with E-state index >= 15 is 0 Å². The number of fused-ring (bicyclic) bond motifs is 5. The molecule has 1 aromatic rings. The largest absolute Gasteiger partial charge is 0.431 e. The van der Waals surface area contributed by atoms with E-state index in [9.17, 15) is 28.2 Å². The van der Waals surface area contributed by atoms with Crippen molar-refractivity contribution in [3.8, 4) is 0 Å². The SMILES string of the molecule is C[C@]12CC[C@H](OS(=O)(=O)O)C[C@@H]1CC[C@@H]1[C@H]2[C@H](O)C(=O)[C@]2(C)[C@@H](c3ccc(=O)oc3)CC[C@]12O. The molecular formula is C24H32O9S. The third-order valence-corrected chi connectivity index (χ3v) is 10.5. The molecule has 0 bridgehead atoms. The Hall–Kier alpha value is -1.59. The van der Waals surface area contributed by atoms with Gasteiger partial charge in [-0.25, -0.2) is 8.98 Å². The van der Waals surface area contributed by atoms with Gasteiger partial charge in [-0.2, -0.15) is 8.42 Å². The van der Waals surface area contributed by atoms with Crippen molar-refractivity contribution in [1.82, 2.24) is 0 Å². The van der Waals surface area contributed by atoms with Crippen LogP contribution in [0.2, 0.25) is 0 Å². The molecule has 1 heterocycles. The minimum Gasteiger partial charge on any atom is -0.431 e. The Labute approximate surface area is 198 Å². The van der Waals surface area contributed by atoms with Gasteiger partial charge >= 0.3 is 16.0 Å². The Bertz CT molecular complexity index is 1140. The maximum absolute atomic E-state index is 13.9. The van der Waals surface area contributed by atoms with Crippen molar-refractivity contribution in [2.45, 2.75) is 82.5 Å². The van der Waals surface area contributed by atoms with E-state index in [1.165, 1.54) is 12.3 Å². The molecule has 1 aromatic heterocycles. The summed E-state index contributed by atoms with van der Waals surface area (Å²) in [5.74, 6) is -1.54. The van der Waals surface area contributed by atoms with Crippen LogP contribution in [0, 0.1) is 28.6 Å². The Kier molecular flexibility index (Phi) is 5.46. The Morgan fingerprint density at radius 1 is 1.09 bits per heavy atom. The van der Waals surface area contributed by atoms with Gasteiger partial charge in [-0.15, -0.1) is 0 Å². The lowest BCUT2D eigenvalue weighted by Gasteiger charge is -2.64. The fourth-order valence-corrected chi connectivity index (χ4v) is 8.89. The Balaban J connectivity index is 1.49. The van der Waals surface area contributed by atoms with Crippen LogP contribution in [0.25, 0.3) is 0 Å². The molecular weight excluding hydrogens is 464 g/mol. The average Bonchev–Trinajstić information content (AvgIpc) is 3.04. The van der Waals surface area contributed by atoms with Crippen molar-refractivity contribution in [2.75, 3.05) is 0 Å². The van der Waals surface area contributed by atoms with Crippen molar-refractivity contribution in [1.29, 1.82) is 0 Å². The van der Waals surface area contributed by atoms with Gasteiger partial charge in [-0.1, -0.05) is 6.92 Å². The smallest absolute Gasteiger partial charge is 0.397 e. The summed E-state index contributed by atoms with van der Waals surface area (Å²) >= 11 is 0. The first kappa shape index (κ1) is 24.1. The van der Waals surface area contributed by atoms with Crippen LogP contribution < -0.4 is 5.63 Å². The molecule has 0 aliphatic heterocycles. The van der Waals surface area contributed by atoms with E-state index in [1.54, 1.807) is 13.0 Å². The lowest BCUT2D eigenvalue weighted by Crippen LogP contribution is -2.70. The lowest BCUT2D eigenvalue weighted by atomic mass is 9.42. The first-order chi connectivity index (χ1) is 15.8. The van der Waals surface area contributed by atoms with E-state index in [2.05, 4.69) is 0 Å². The molecule has 4 fully saturated rings. The molecule has 0 saturated heterocycles. The van der Waals surface area contributed by atoms with Gasteiger partial charge < -0.3 is 14.6 Å².